The van der Waals surface area contributed by atoms with E-state index in [1.807, 2.05) is 0 Å². The smallest absolute Gasteiger partial charge is 0.329 e. The number of nitrogens with one attached hydrogen (secondary N) is 2. The average molecular weight is 376 g/mol. The van der Waals surface area contributed by atoms with Gasteiger partial charge in [0.2, 0.25) is 0 Å². The number of rotatable bonds is 6. The molecule has 0 radical (unpaired) electrons. The molecule has 7 nitrogen and oxygen atoms in total. The molecule has 0 fully saturated rings. The molecule has 26 heavy (non-hydrogen) atoms. The summed E-state index contributed by atoms with van der Waals surface area (Å²) in [6.07, 6.45) is 1.37. The Morgan fingerprint density at radius 3 is 2.42 bits per heavy atom. The van der Waals surface area contributed by atoms with Crippen molar-refractivity contribution in [2.24, 2.45) is 5.10 Å². The Morgan fingerprint density at radius 2 is 1.81 bits per heavy atom. The summed E-state index contributed by atoms with van der Waals surface area (Å²) in [4.78, 5) is 23.5. The van der Waals surface area contributed by atoms with E-state index < -0.39 is 11.8 Å². The molecule has 2 N–H and O–H groups in total. The number of amides is 2. The van der Waals surface area contributed by atoms with Crippen LogP contribution in [0.15, 0.2) is 47.6 Å². The second-order valence-corrected chi connectivity index (χ2v) is 5.53. The summed E-state index contributed by atoms with van der Waals surface area (Å²) in [6.45, 7) is 0.216. The highest BCUT2D eigenvalue weighted by atomic mass is 35.5. The predicted octanol–water partition coefficient (Wildman–Crippen LogP) is 2.12. The van der Waals surface area contributed by atoms with E-state index in [0.29, 0.717) is 22.1 Å². The van der Waals surface area contributed by atoms with Crippen LogP contribution in [0.25, 0.3) is 0 Å². The topological polar surface area (TPSA) is 89.0 Å². The summed E-state index contributed by atoms with van der Waals surface area (Å²) in [7, 11) is 3.08. The van der Waals surface area contributed by atoms with Gasteiger partial charge in [0.1, 0.15) is 11.5 Å². The van der Waals surface area contributed by atoms with Crippen LogP contribution in [0.1, 0.15) is 11.1 Å². The van der Waals surface area contributed by atoms with Gasteiger partial charge < -0.3 is 14.8 Å². The molecule has 0 saturated carbocycles. The van der Waals surface area contributed by atoms with Crippen LogP contribution >= 0.6 is 11.6 Å². The quantitative estimate of drug-likeness (QED) is 0.460. The maximum Gasteiger partial charge on any atom is 0.329 e. The number of benzene rings is 2. The second kappa shape index (κ2) is 9.43. The van der Waals surface area contributed by atoms with Crippen molar-refractivity contribution in [1.82, 2.24) is 10.7 Å². The van der Waals surface area contributed by atoms with Gasteiger partial charge in [-0.25, -0.2) is 5.43 Å². The lowest BCUT2D eigenvalue weighted by atomic mass is 10.2. The maximum atomic E-state index is 11.8. The van der Waals surface area contributed by atoms with Gasteiger partial charge in [-0.15, -0.1) is 0 Å². The summed E-state index contributed by atoms with van der Waals surface area (Å²) >= 11 is 5.99. The number of hydrogen-bond donors (Lipinski definition) is 2. The van der Waals surface area contributed by atoms with E-state index in [0.717, 1.165) is 5.56 Å². The molecular weight excluding hydrogens is 358 g/mol. The van der Waals surface area contributed by atoms with Crippen molar-refractivity contribution in [3.05, 3.63) is 58.6 Å². The van der Waals surface area contributed by atoms with Gasteiger partial charge >= 0.3 is 11.8 Å². The SMILES string of the molecule is COc1ccc(CNC(=O)C(=O)N/N=C\c2ccc(OC)c(Cl)c2)cc1. The number of ether oxygens (including phenoxy) is 2. The van der Waals surface area contributed by atoms with E-state index >= 15 is 0 Å². The fourth-order valence-electron chi connectivity index (χ4n) is 1.99. The van der Waals surface area contributed by atoms with Crippen LogP contribution in [0.5, 0.6) is 11.5 Å². The van der Waals surface area contributed by atoms with Gasteiger partial charge in [-0.05, 0) is 41.5 Å². The molecule has 0 aromatic heterocycles. The first kappa shape index (κ1) is 19.3. The van der Waals surface area contributed by atoms with Gasteiger partial charge in [0.25, 0.3) is 0 Å². The molecule has 2 aromatic carbocycles. The zero-order valence-corrected chi connectivity index (χ0v) is 15.0. The van der Waals surface area contributed by atoms with E-state index in [2.05, 4.69) is 15.8 Å². The summed E-state index contributed by atoms with van der Waals surface area (Å²) in [5.74, 6) is -0.406. The fraction of sp³-hybridized carbons (Fsp3) is 0.167. The highest BCUT2D eigenvalue weighted by Crippen LogP contribution is 2.24. The van der Waals surface area contributed by atoms with Crippen molar-refractivity contribution in [2.45, 2.75) is 6.54 Å². The Kier molecular flexibility index (Phi) is 6.99. The van der Waals surface area contributed by atoms with Crippen LogP contribution in [0, 0.1) is 0 Å². The number of hydrogen-bond acceptors (Lipinski definition) is 5. The van der Waals surface area contributed by atoms with E-state index in [1.54, 1.807) is 49.6 Å². The number of methoxy groups -OCH3 is 2. The molecule has 8 heteroatoms. The number of halogens is 1. The third-order valence-corrected chi connectivity index (χ3v) is 3.67. The second-order valence-electron chi connectivity index (χ2n) is 5.12. The normalized spacial score (nSPS) is 10.4. The van der Waals surface area contributed by atoms with Crippen molar-refractivity contribution in [3.8, 4) is 11.5 Å². The monoisotopic (exact) mass is 375 g/mol. The molecule has 0 aliphatic heterocycles. The standard InChI is InChI=1S/C18H18ClN3O4/c1-25-14-6-3-12(4-7-14)10-20-17(23)18(24)22-21-11-13-5-8-16(26-2)15(19)9-13/h3-9,11H,10H2,1-2H3,(H,20,23)(H,22,24)/b21-11-. The van der Waals surface area contributed by atoms with Gasteiger partial charge in [0.05, 0.1) is 25.5 Å². The fourth-order valence-corrected chi connectivity index (χ4v) is 2.25. The Balaban J connectivity index is 1.82. The summed E-state index contributed by atoms with van der Waals surface area (Å²) in [5.41, 5.74) is 3.64. The Labute approximate surface area is 155 Å². The molecule has 0 heterocycles. The third-order valence-electron chi connectivity index (χ3n) is 3.37. The third kappa shape index (κ3) is 5.49. The zero-order chi connectivity index (χ0) is 18.9. The summed E-state index contributed by atoms with van der Waals surface area (Å²) in [5, 5.41) is 6.66. The van der Waals surface area contributed by atoms with Gasteiger partial charge in [-0.1, -0.05) is 23.7 Å². The molecule has 136 valence electrons. The minimum Gasteiger partial charge on any atom is -0.497 e. The Morgan fingerprint density at radius 1 is 1.08 bits per heavy atom. The largest absolute Gasteiger partial charge is 0.497 e. The van der Waals surface area contributed by atoms with Crippen molar-refractivity contribution in [2.75, 3.05) is 14.2 Å². The molecule has 2 rings (SSSR count). The predicted molar refractivity (Wildman–Crippen MR) is 98.6 cm³/mol. The first-order valence-corrected chi connectivity index (χ1v) is 7.99. The lowest BCUT2D eigenvalue weighted by Gasteiger charge is -2.05. The first-order chi connectivity index (χ1) is 12.5. The summed E-state index contributed by atoms with van der Waals surface area (Å²) < 4.78 is 10.1. The van der Waals surface area contributed by atoms with Crippen LogP contribution in [0.4, 0.5) is 0 Å². The lowest BCUT2D eigenvalue weighted by molar-refractivity contribution is -0.139. The highest BCUT2D eigenvalue weighted by molar-refractivity contribution is 6.35. The van der Waals surface area contributed by atoms with Gasteiger partial charge in [-0.3, -0.25) is 9.59 Å². The molecule has 0 aliphatic carbocycles. The van der Waals surface area contributed by atoms with Crippen LogP contribution in [0.3, 0.4) is 0 Å². The lowest BCUT2D eigenvalue weighted by Crippen LogP contribution is -2.37. The molecule has 0 spiro atoms. The Hall–Kier alpha value is -3.06. The number of hydrazone groups is 1. The van der Waals surface area contributed by atoms with E-state index in [4.69, 9.17) is 21.1 Å². The van der Waals surface area contributed by atoms with E-state index in [-0.39, 0.29) is 6.54 Å². The van der Waals surface area contributed by atoms with E-state index in [1.165, 1.54) is 13.3 Å². The maximum absolute atomic E-state index is 11.8. The van der Waals surface area contributed by atoms with Gasteiger partial charge in [0.15, 0.2) is 0 Å². The molecule has 0 saturated heterocycles. The van der Waals surface area contributed by atoms with Crippen LogP contribution in [-0.2, 0) is 16.1 Å². The van der Waals surface area contributed by atoms with Gasteiger partial charge in [-0.2, -0.15) is 5.10 Å². The molecule has 2 amide bonds. The van der Waals surface area contributed by atoms with Crippen molar-refractivity contribution in [3.63, 3.8) is 0 Å². The molecule has 0 unspecified atom stereocenters. The number of carbonyl (C=O) groups excluding carboxylic acids is 2. The zero-order valence-electron chi connectivity index (χ0n) is 14.3. The molecule has 0 atom stereocenters. The summed E-state index contributed by atoms with van der Waals surface area (Å²) in [6, 6.07) is 12.1. The highest BCUT2D eigenvalue weighted by Gasteiger charge is 2.12. The molecule has 0 aliphatic rings. The van der Waals surface area contributed by atoms with Crippen molar-refractivity contribution >= 4 is 29.6 Å². The molecular formula is C18H18ClN3O4. The number of nitrogens with zero attached hydrogens (tertiary/aromatic N) is 1. The van der Waals surface area contributed by atoms with E-state index in [9.17, 15) is 9.59 Å². The minimum atomic E-state index is -0.866. The van der Waals surface area contributed by atoms with Crippen LogP contribution < -0.4 is 20.2 Å². The first-order valence-electron chi connectivity index (χ1n) is 7.61. The molecule has 2 aromatic rings. The molecule has 0 bridgehead atoms. The van der Waals surface area contributed by atoms with Crippen molar-refractivity contribution in [1.29, 1.82) is 0 Å². The Bertz CT molecular complexity index is 807. The minimum absolute atomic E-state index is 0.216. The average Bonchev–Trinajstić information content (AvgIpc) is 2.66. The van der Waals surface area contributed by atoms with Crippen LogP contribution in [-0.4, -0.2) is 32.2 Å². The van der Waals surface area contributed by atoms with Crippen LogP contribution in [0.2, 0.25) is 5.02 Å². The van der Waals surface area contributed by atoms with Crippen molar-refractivity contribution < 1.29 is 19.1 Å². The number of carbonyl (C=O) groups is 2. The van der Waals surface area contributed by atoms with Gasteiger partial charge in [0, 0.05) is 6.54 Å².